The monoisotopic (exact) mass is 246 g/mol. The molecule has 0 saturated carbocycles. The predicted molar refractivity (Wildman–Crippen MR) is 70.3 cm³/mol. The maximum Gasteiger partial charge on any atom is 0.261 e. The Morgan fingerprint density at radius 3 is 2.39 bits per heavy atom. The van der Waals surface area contributed by atoms with Crippen molar-refractivity contribution in [2.45, 2.75) is 27.2 Å². The maximum absolute atomic E-state index is 12.2. The molecule has 1 aliphatic rings. The number of nitrogens with zero attached hydrogens (tertiary/aromatic N) is 1. The van der Waals surface area contributed by atoms with Crippen LogP contribution in [0.15, 0.2) is 18.2 Å². The minimum atomic E-state index is -0.233. The van der Waals surface area contributed by atoms with Gasteiger partial charge in [0.15, 0.2) is 0 Å². The first-order valence-corrected chi connectivity index (χ1v) is 6.11. The number of benzene rings is 1. The molecule has 0 unspecified atom stereocenters. The predicted octanol–water partition coefficient (Wildman–Crippen LogP) is 2.30. The summed E-state index contributed by atoms with van der Waals surface area (Å²) in [5.41, 5.74) is 6.97. The van der Waals surface area contributed by atoms with E-state index >= 15 is 0 Å². The van der Waals surface area contributed by atoms with Crippen LogP contribution in [0, 0.1) is 5.41 Å². The third-order valence-corrected chi connectivity index (χ3v) is 3.54. The van der Waals surface area contributed by atoms with Crippen LogP contribution in [0.4, 0.5) is 5.69 Å². The summed E-state index contributed by atoms with van der Waals surface area (Å²) in [6.07, 6.45) is 0.905. The molecule has 2 N–H and O–H groups in total. The first-order chi connectivity index (χ1) is 8.35. The quantitative estimate of drug-likeness (QED) is 0.657. The number of fused-ring (bicyclic) bond motifs is 1. The molecule has 1 heterocycles. The SMILES string of the molecule is CCC(C)(C)CN1C(=O)c2ccc(N)cc2C1=O. The highest BCUT2D eigenvalue weighted by Gasteiger charge is 2.38. The number of imide groups is 1. The van der Waals surface area contributed by atoms with E-state index in [1.807, 2.05) is 13.8 Å². The van der Waals surface area contributed by atoms with E-state index in [9.17, 15) is 9.59 Å². The number of nitrogen functional groups attached to an aromatic ring is 1. The summed E-state index contributed by atoms with van der Waals surface area (Å²) in [6, 6.07) is 4.86. The van der Waals surface area contributed by atoms with Gasteiger partial charge in [-0.2, -0.15) is 0 Å². The van der Waals surface area contributed by atoms with Gasteiger partial charge < -0.3 is 5.73 Å². The van der Waals surface area contributed by atoms with E-state index in [-0.39, 0.29) is 17.2 Å². The van der Waals surface area contributed by atoms with Crippen LogP contribution in [-0.4, -0.2) is 23.3 Å². The summed E-state index contributed by atoms with van der Waals surface area (Å²) in [4.78, 5) is 25.7. The zero-order chi connectivity index (χ0) is 13.5. The third-order valence-electron chi connectivity index (χ3n) is 3.54. The average Bonchev–Trinajstić information content (AvgIpc) is 2.54. The number of rotatable bonds is 3. The lowest BCUT2D eigenvalue weighted by Gasteiger charge is -2.27. The Hall–Kier alpha value is -1.84. The standard InChI is InChI=1S/C14H18N2O2/c1-4-14(2,3)8-16-12(17)10-6-5-9(15)7-11(10)13(16)18/h5-7H,4,8,15H2,1-3H3. The van der Waals surface area contributed by atoms with Gasteiger partial charge in [0, 0.05) is 12.2 Å². The third kappa shape index (κ3) is 1.98. The normalized spacial score (nSPS) is 15.2. The summed E-state index contributed by atoms with van der Waals surface area (Å²) in [5.74, 6) is -0.444. The van der Waals surface area contributed by atoms with Crippen LogP contribution in [-0.2, 0) is 0 Å². The Balaban J connectivity index is 2.34. The van der Waals surface area contributed by atoms with Crippen molar-refractivity contribution >= 4 is 17.5 Å². The fourth-order valence-corrected chi connectivity index (χ4v) is 1.99. The molecule has 2 amide bonds. The van der Waals surface area contributed by atoms with Gasteiger partial charge in [0.2, 0.25) is 0 Å². The molecule has 0 aromatic heterocycles. The van der Waals surface area contributed by atoms with E-state index in [2.05, 4.69) is 6.92 Å². The summed E-state index contributed by atoms with van der Waals surface area (Å²) >= 11 is 0. The fourth-order valence-electron chi connectivity index (χ4n) is 1.99. The molecule has 4 nitrogen and oxygen atoms in total. The van der Waals surface area contributed by atoms with Gasteiger partial charge >= 0.3 is 0 Å². The van der Waals surface area contributed by atoms with Gasteiger partial charge in [-0.25, -0.2) is 0 Å². The van der Waals surface area contributed by atoms with Crippen LogP contribution < -0.4 is 5.73 Å². The molecule has 1 aliphatic heterocycles. The number of hydrogen-bond acceptors (Lipinski definition) is 3. The molecule has 0 saturated heterocycles. The molecule has 0 atom stereocenters. The molecule has 4 heteroatoms. The van der Waals surface area contributed by atoms with Crippen LogP contribution in [0.1, 0.15) is 47.9 Å². The number of carbonyl (C=O) groups is 2. The zero-order valence-electron chi connectivity index (χ0n) is 11.0. The van der Waals surface area contributed by atoms with Crippen molar-refractivity contribution in [3.63, 3.8) is 0 Å². The van der Waals surface area contributed by atoms with Gasteiger partial charge in [-0.3, -0.25) is 14.5 Å². The Morgan fingerprint density at radius 1 is 1.17 bits per heavy atom. The highest BCUT2D eigenvalue weighted by atomic mass is 16.2. The largest absolute Gasteiger partial charge is 0.399 e. The van der Waals surface area contributed by atoms with E-state index < -0.39 is 0 Å². The summed E-state index contributed by atoms with van der Waals surface area (Å²) in [6.45, 7) is 6.59. The molecule has 0 aliphatic carbocycles. The van der Waals surface area contributed by atoms with Crippen molar-refractivity contribution in [1.29, 1.82) is 0 Å². The maximum atomic E-state index is 12.2. The lowest BCUT2D eigenvalue weighted by molar-refractivity contribution is 0.0588. The number of hydrogen-bond donors (Lipinski definition) is 1. The van der Waals surface area contributed by atoms with Crippen molar-refractivity contribution in [2.24, 2.45) is 5.41 Å². The van der Waals surface area contributed by atoms with E-state index in [1.54, 1.807) is 18.2 Å². The second kappa shape index (κ2) is 4.12. The van der Waals surface area contributed by atoms with Crippen molar-refractivity contribution in [1.82, 2.24) is 4.90 Å². The van der Waals surface area contributed by atoms with Gasteiger partial charge in [0.25, 0.3) is 11.8 Å². The van der Waals surface area contributed by atoms with Crippen LogP contribution in [0.2, 0.25) is 0 Å². The first kappa shape index (κ1) is 12.6. The van der Waals surface area contributed by atoms with E-state index in [0.29, 0.717) is 23.4 Å². The molecular weight excluding hydrogens is 228 g/mol. The highest BCUT2D eigenvalue weighted by Crippen LogP contribution is 2.29. The smallest absolute Gasteiger partial charge is 0.261 e. The number of nitrogens with two attached hydrogens (primary N) is 1. The van der Waals surface area contributed by atoms with E-state index in [4.69, 9.17) is 5.73 Å². The molecule has 96 valence electrons. The van der Waals surface area contributed by atoms with Gasteiger partial charge in [-0.15, -0.1) is 0 Å². The number of carbonyl (C=O) groups excluding carboxylic acids is 2. The summed E-state index contributed by atoms with van der Waals surface area (Å²) < 4.78 is 0. The second-order valence-corrected chi connectivity index (χ2v) is 5.52. The Labute approximate surface area is 107 Å². The van der Waals surface area contributed by atoms with E-state index in [1.165, 1.54) is 4.90 Å². The van der Waals surface area contributed by atoms with Crippen LogP contribution in [0.3, 0.4) is 0 Å². The highest BCUT2D eigenvalue weighted by molar-refractivity contribution is 6.21. The van der Waals surface area contributed by atoms with Crippen molar-refractivity contribution in [3.8, 4) is 0 Å². The molecule has 0 spiro atoms. The first-order valence-electron chi connectivity index (χ1n) is 6.11. The Morgan fingerprint density at radius 2 is 1.78 bits per heavy atom. The fraction of sp³-hybridized carbons (Fsp3) is 0.429. The minimum absolute atomic E-state index is 0.0705. The van der Waals surface area contributed by atoms with Gasteiger partial charge in [0.05, 0.1) is 11.1 Å². The molecule has 1 aromatic rings. The van der Waals surface area contributed by atoms with Crippen LogP contribution in [0.25, 0.3) is 0 Å². The van der Waals surface area contributed by atoms with Gasteiger partial charge in [0.1, 0.15) is 0 Å². The molecule has 0 radical (unpaired) electrons. The van der Waals surface area contributed by atoms with Crippen molar-refractivity contribution < 1.29 is 9.59 Å². The second-order valence-electron chi connectivity index (χ2n) is 5.52. The number of anilines is 1. The molecule has 2 rings (SSSR count). The van der Waals surface area contributed by atoms with Crippen molar-refractivity contribution in [3.05, 3.63) is 29.3 Å². The summed E-state index contributed by atoms with van der Waals surface area (Å²) in [7, 11) is 0. The van der Waals surface area contributed by atoms with Crippen LogP contribution >= 0.6 is 0 Å². The topological polar surface area (TPSA) is 63.4 Å². The lowest BCUT2D eigenvalue weighted by atomic mass is 9.90. The Kier molecular flexibility index (Phi) is 2.89. The molecule has 0 fully saturated rings. The minimum Gasteiger partial charge on any atom is -0.399 e. The summed E-state index contributed by atoms with van der Waals surface area (Å²) in [5, 5.41) is 0. The molecular formula is C14H18N2O2. The molecule has 0 bridgehead atoms. The Bertz CT molecular complexity index is 521. The molecule has 18 heavy (non-hydrogen) atoms. The van der Waals surface area contributed by atoms with Crippen molar-refractivity contribution in [2.75, 3.05) is 12.3 Å². The van der Waals surface area contributed by atoms with E-state index in [0.717, 1.165) is 6.42 Å². The zero-order valence-corrected chi connectivity index (χ0v) is 11.0. The van der Waals surface area contributed by atoms with Gasteiger partial charge in [-0.1, -0.05) is 20.8 Å². The molecule has 1 aromatic carbocycles. The average molecular weight is 246 g/mol. The van der Waals surface area contributed by atoms with Crippen LogP contribution in [0.5, 0.6) is 0 Å². The number of amides is 2. The lowest BCUT2D eigenvalue weighted by Crippen LogP contribution is -2.38. The van der Waals surface area contributed by atoms with Gasteiger partial charge in [-0.05, 0) is 30.0 Å².